The van der Waals surface area contributed by atoms with Crippen LogP contribution in [-0.4, -0.2) is 39.2 Å². The van der Waals surface area contributed by atoms with E-state index in [1.807, 2.05) is 13.8 Å². The first-order chi connectivity index (χ1) is 8.81. The molecule has 6 heteroatoms. The van der Waals surface area contributed by atoms with Gasteiger partial charge in [-0.1, -0.05) is 0 Å². The van der Waals surface area contributed by atoms with E-state index in [1.54, 1.807) is 24.1 Å². The van der Waals surface area contributed by atoms with E-state index < -0.39 is 6.10 Å². The summed E-state index contributed by atoms with van der Waals surface area (Å²) in [6.07, 6.45) is 0.992. The van der Waals surface area contributed by atoms with Crippen LogP contribution in [-0.2, 0) is 11.3 Å². The van der Waals surface area contributed by atoms with Gasteiger partial charge in [-0.05, 0) is 42.8 Å². The fourth-order valence-electron chi connectivity index (χ4n) is 1.75. The Morgan fingerprint density at radius 3 is 2.58 bits per heavy atom. The molecule has 1 aromatic rings. The van der Waals surface area contributed by atoms with Crippen LogP contribution >= 0.6 is 15.9 Å². The number of hydrogen-bond acceptors (Lipinski definition) is 3. The number of carbonyl (C=O) groups is 1. The zero-order chi connectivity index (χ0) is 14.6. The fraction of sp³-hybridized carbons (Fsp3) is 0.538. The molecule has 0 saturated carbocycles. The second kappa shape index (κ2) is 6.86. The molecule has 0 fully saturated rings. The molecule has 5 nitrogen and oxygen atoms in total. The minimum atomic E-state index is -0.592. The molecule has 0 aliphatic carbocycles. The third-order valence-electron chi connectivity index (χ3n) is 2.66. The molecule has 0 aromatic carbocycles. The highest BCUT2D eigenvalue weighted by Gasteiger charge is 2.19. The third-order valence-corrected chi connectivity index (χ3v) is 3.13. The van der Waals surface area contributed by atoms with Crippen molar-refractivity contribution in [1.29, 1.82) is 0 Å². The number of rotatable bonds is 5. The molecule has 0 saturated heterocycles. The Balaban J connectivity index is 2.87. The maximum Gasteiger partial charge on any atom is 0.251 e. The molecule has 1 rings (SSSR count). The maximum atomic E-state index is 12.2. The van der Waals surface area contributed by atoms with Gasteiger partial charge in [0.05, 0.1) is 6.10 Å². The summed E-state index contributed by atoms with van der Waals surface area (Å²) < 4.78 is 2.09. The molecule has 0 aliphatic rings. The fourth-order valence-corrected chi connectivity index (χ4v) is 2.13. The molecular formula is C13H19BrN2O3. The SMILES string of the molecule is CC(O)CN(C(=O)Cn1cc(Br)ccc1=O)C(C)C. The molecule has 0 spiro atoms. The van der Waals surface area contributed by atoms with Gasteiger partial charge in [0.15, 0.2) is 0 Å². The molecule has 106 valence electrons. The summed E-state index contributed by atoms with van der Waals surface area (Å²) in [4.78, 5) is 25.4. The van der Waals surface area contributed by atoms with Crippen LogP contribution in [0.2, 0.25) is 0 Å². The molecule has 19 heavy (non-hydrogen) atoms. The molecule has 1 unspecified atom stereocenters. The van der Waals surface area contributed by atoms with Gasteiger partial charge in [0.25, 0.3) is 5.56 Å². The number of halogens is 1. The van der Waals surface area contributed by atoms with E-state index in [4.69, 9.17) is 0 Å². The number of aromatic nitrogens is 1. The third kappa shape index (κ3) is 4.80. The Hall–Kier alpha value is -1.14. The summed E-state index contributed by atoms with van der Waals surface area (Å²) in [5.41, 5.74) is -0.225. The number of aliphatic hydroxyl groups excluding tert-OH is 1. The first kappa shape index (κ1) is 15.9. The second-order valence-electron chi connectivity index (χ2n) is 4.80. The van der Waals surface area contributed by atoms with Crippen molar-refractivity contribution in [2.45, 2.75) is 39.5 Å². The van der Waals surface area contributed by atoms with Crippen molar-refractivity contribution in [3.05, 3.63) is 33.2 Å². The average Bonchev–Trinajstić information content (AvgIpc) is 2.30. The Morgan fingerprint density at radius 1 is 1.42 bits per heavy atom. The Labute approximate surface area is 121 Å². The number of aliphatic hydroxyl groups is 1. The van der Waals surface area contributed by atoms with Crippen LogP contribution in [0.1, 0.15) is 20.8 Å². The van der Waals surface area contributed by atoms with Gasteiger partial charge in [0, 0.05) is 29.3 Å². The van der Waals surface area contributed by atoms with E-state index in [0.29, 0.717) is 0 Å². The van der Waals surface area contributed by atoms with E-state index in [9.17, 15) is 14.7 Å². The minimum Gasteiger partial charge on any atom is -0.392 e. The Morgan fingerprint density at radius 2 is 2.05 bits per heavy atom. The van der Waals surface area contributed by atoms with Crippen LogP contribution < -0.4 is 5.56 Å². The lowest BCUT2D eigenvalue weighted by atomic mass is 10.2. The van der Waals surface area contributed by atoms with Gasteiger partial charge in [-0.3, -0.25) is 9.59 Å². The first-order valence-electron chi connectivity index (χ1n) is 6.14. The number of amides is 1. The van der Waals surface area contributed by atoms with Gasteiger partial charge in [-0.25, -0.2) is 0 Å². The van der Waals surface area contributed by atoms with Crippen molar-refractivity contribution in [3.8, 4) is 0 Å². The Kier molecular flexibility index (Phi) is 5.75. The monoisotopic (exact) mass is 330 g/mol. The standard InChI is InChI=1S/C13H19BrN2O3/c1-9(2)16(6-10(3)17)13(19)8-15-7-11(14)4-5-12(15)18/h4-5,7,9-10,17H,6,8H2,1-3H3. The molecule has 0 radical (unpaired) electrons. The van der Waals surface area contributed by atoms with E-state index in [-0.39, 0.29) is 30.6 Å². The molecule has 1 heterocycles. The minimum absolute atomic E-state index is 0.0232. The highest BCUT2D eigenvalue weighted by Crippen LogP contribution is 2.07. The van der Waals surface area contributed by atoms with E-state index in [1.165, 1.54) is 10.6 Å². The van der Waals surface area contributed by atoms with Gasteiger partial charge in [0.2, 0.25) is 5.91 Å². The van der Waals surface area contributed by atoms with Gasteiger partial charge in [-0.2, -0.15) is 0 Å². The Bertz CT molecular complexity index is 497. The van der Waals surface area contributed by atoms with Crippen molar-refractivity contribution in [3.63, 3.8) is 0 Å². The topological polar surface area (TPSA) is 62.5 Å². The highest BCUT2D eigenvalue weighted by atomic mass is 79.9. The van der Waals surface area contributed by atoms with E-state index in [2.05, 4.69) is 15.9 Å². The van der Waals surface area contributed by atoms with Crippen molar-refractivity contribution >= 4 is 21.8 Å². The predicted octanol–water partition coefficient (Wildman–Crippen LogP) is 1.23. The molecule has 1 amide bonds. The smallest absolute Gasteiger partial charge is 0.251 e. The van der Waals surface area contributed by atoms with Gasteiger partial charge < -0.3 is 14.6 Å². The summed E-state index contributed by atoms with van der Waals surface area (Å²) >= 11 is 3.27. The normalized spacial score (nSPS) is 12.5. The van der Waals surface area contributed by atoms with Crippen molar-refractivity contribution in [2.75, 3.05) is 6.54 Å². The molecular weight excluding hydrogens is 312 g/mol. The van der Waals surface area contributed by atoms with E-state index >= 15 is 0 Å². The summed E-state index contributed by atoms with van der Waals surface area (Å²) in [6.45, 7) is 5.63. The van der Waals surface area contributed by atoms with Gasteiger partial charge >= 0.3 is 0 Å². The quantitative estimate of drug-likeness (QED) is 0.883. The first-order valence-corrected chi connectivity index (χ1v) is 6.94. The zero-order valence-corrected chi connectivity index (χ0v) is 12.9. The summed E-state index contributed by atoms with van der Waals surface area (Å²) in [5.74, 6) is -0.184. The lowest BCUT2D eigenvalue weighted by Gasteiger charge is -2.28. The predicted molar refractivity (Wildman–Crippen MR) is 76.9 cm³/mol. The molecule has 0 bridgehead atoms. The largest absolute Gasteiger partial charge is 0.392 e. The van der Waals surface area contributed by atoms with Crippen LogP contribution in [0, 0.1) is 0 Å². The van der Waals surface area contributed by atoms with Gasteiger partial charge in [0.1, 0.15) is 6.54 Å². The van der Waals surface area contributed by atoms with Crippen molar-refractivity contribution in [1.82, 2.24) is 9.47 Å². The molecule has 1 N–H and O–H groups in total. The molecule has 1 aromatic heterocycles. The van der Waals surface area contributed by atoms with Crippen LogP contribution in [0.15, 0.2) is 27.6 Å². The number of pyridine rings is 1. The maximum absolute atomic E-state index is 12.2. The lowest BCUT2D eigenvalue weighted by molar-refractivity contribution is -0.135. The number of nitrogens with zero attached hydrogens (tertiary/aromatic N) is 2. The molecule has 1 atom stereocenters. The summed E-state index contributed by atoms with van der Waals surface area (Å²) in [5, 5.41) is 9.42. The average molecular weight is 331 g/mol. The van der Waals surface area contributed by atoms with Crippen LogP contribution in [0.3, 0.4) is 0 Å². The van der Waals surface area contributed by atoms with Crippen molar-refractivity contribution in [2.24, 2.45) is 0 Å². The van der Waals surface area contributed by atoms with Crippen molar-refractivity contribution < 1.29 is 9.90 Å². The van der Waals surface area contributed by atoms with Crippen LogP contribution in [0.4, 0.5) is 0 Å². The van der Waals surface area contributed by atoms with Crippen LogP contribution in [0.5, 0.6) is 0 Å². The summed E-state index contributed by atoms with van der Waals surface area (Å²) in [6, 6.07) is 3.02. The van der Waals surface area contributed by atoms with E-state index in [0.717, 1.165) is 4.47 Å². The van der Waals surface area contributed by atoms with Crippen LogP contribution in [0.25, 0.3) is 0 Å². The summed E-state index contributed by atoms with van der Waals surface area (Å²) in [7, 11) is 0. The molecule has 0 aliphatic heterocycles. The number of carbonyl (C=O) groups excluding carboxylic acids is 1. The second-order valence-corrected chi connectivity index (χ2v) is 5.72. The van der Waals surface area contributed by atoms with Gasteiger partial charge in [-0.15, -0.1) is 0 Å². The lowest BCUT2D eigenvalue weighted by Crippen LogP contribution is -2.44. The number of hydrogen-bond donors (Lipinski definition) is 1. The highest BCUT2D eigenvalue weighted by molar-refractivity contribution is 9.10. The zero-order valence-electron chi connectivity index (χ0n) is 11.3.